The second-order valence-corrected chi connectivity index (χ2v) is 3.92. The third kappa shape index (κ3) is 2.81. The van der Waals surface area contributed by atoms with Gasteiger partial charge in [0.15, 0.2) is 0 Å². The van der Waals surface area contributed by atoms with Crippen molar-refractivity contribution < 1.29 is 9.53 Å². The highest BCUT2D eigenvalue weighted by atomic mass is 16.5. The number of aryl methyl sites for hydroxylation is 1. The van der Waals surface area contributed by atoms with Crippen molar-refractivity contribution in [1.29, 1.82) is 0 Å². The van der Waals surface area contributed by atoms with Gasteiger partial charge in [0.25, 0.3) is 5.91 Å². The summed E-state index contributed by atoms with van der Waals surface area (Å²) in [4.78, 5) is 11.8. The molecule has 1 atom stereocenters. The van der Waals surface area contributed by atoms with Gasteiger partial charge in [0.1, 0.15) is 6.10 Å². The van der Waals surface area contributed by atoms with Crippen molar-refractivity contribution in [3.05, 3.63) is 29.8 Å². The molecule has 1 heterocycles. The van der Waals surface area contributed by atoms with Crippen LogP contribution in [0.5, 0.6) is 0 Å². The smallest absolute Gasteiger partial charge is 0.254 e. The van der Waals surface area contributed by atoms with Crippen molar-refractivity contribution in [2.75, 3.05) is 25.0 Å². The zero-order valence-corrected chi connectivity index (χ0v) is 9.32. The topological polar surface area (TPSA) is 50.4 Å². The summed E-state index contributed by atoms with van der Waals surface area (Å²) < 4.78 is 5.36. The van der Waals surface area contributed by atoms with Gasteiger partial charge in [0.2, 0.25) is 0 Å². The molecule has 2 rings (SSSR count). The molecule has 0 aromatic heterocycles. The van der Waals surface area contributed by atoms with E-state index in [2.05, 4.69) is 10.6 Å². The first-order chi connectivity index (χ1) is 7.75. The number of hydrogen-bond acceptors (Lipinski definition) is 3. The molecule has 0 bridgehead atoms. The molecule has 0 spiro atoms. The molecule has 16 heavy (non-hydrogen) atoms. The molecular weight excluding hydrogens is 204 g/mol. The molecule has 86 valence electrons. The Bertz CT molecular complexity index is 356. The minimum absolute atomic E-state index is 0.0870. The van der Waals surface area contributed by atoms with Crippen LogP contribution in [0.4, 0.5) is 5.69 Å². The molecule has 4 nitrogen and oxygen atoms in total. The second kappa shape index (κ2) is 5.09. The summed E-state index contributed by atoms with van der Waals surface area (Å²) in [6, 6.07) is 7.72. The van der Waals surface area contributed by atoms with Crippen molar-refractivity contribution >= 4 is 11.6 Å². The SMILES string of the molecule is Cc1ccc(NC(=O)C2CNCCO2)cc1. The normalized spacial score (nSPS) is 20.4. The molecule has 1 aliphatic rings. The van der Waals surface area contributed by atoms with Gasteiger partial charge < -0.3 is 15.4 Å². The first-order valence-corrected chi connectivity index (χ1v) is 5.45. The number of ether oxygens (including phenoxy) is 1. The summed E-state index contributed by atoms with van der Waals surface area (Å²) in [5.41, 5.74) is 1.98. The molecule has 1 fully saturated rings. The Morgan fingerprint density at radius 3 is 2.81 bits per heavy atom. The monoisotopic (exact) mass is 220 g/mol. The summed E-state index contributed by atoms with van der Waals surface area (Å²) in [5, 5.41) is 5.96. The van der Waals surface area contributed by atoms with Crippen molar-refractivity contribution in [2.45, 2.75) is 13.0 Å². The lowest BCUT2D eigenvalue weighted by Gasteiger charge is -2.22. The quantitative estimate of drug-likeness (QED) is 0.779. The molecule has 0 aliphatic carbocycles. The van der Waals surface area contributed by atoms with E-state index < -0.39 is 0 Å². The Morgan fingerprint density at radius 1 is 1.44 bits per heavy atom. The average molecular weight is 220 g/mol. The molecule has 2 N–H and O–H groups in total. The zero-order valence-electron chi connectivity index (χ0n) is 9.32. The molecule has 0 radical (unpaired) electrons. The maximum absolute atomic E-state index is 11.8. The number of nitrogens with one attached hydrogen (secondary N) is 2. The number of carbonyl (C=O) groups excluding carboxylic acids is 1. The number of amides is 1. The van der Waals surface area contributed by atoms with Crippen LogP contribution in [0.25, 0.3) is 0 Å². The van der Waals surface area contributed by atoms with Crippen LogP contribution < -0.4 is 10.6 Å². The largest absolute Gasteiger partial charge is 0.366 e. The van der Waals surface area contributed by atoms with Gasteiger partial charge in [0.05, 0.1) is 6.61 Å². The maximum Gasteiger partial charge on any atom is 0.254 e. The number of anilines is 1. The van der Waals surface area contributed by atoms with Gasteiger partial charge >= 0.3 is 0 Å². The Hall–Kier alpha value is -1.39. The van der Waals surface area contributed by atoms with E-state index in [1.807, 2.05) is 31.2 Å². The van der Waals surface area contributed by atoms with E-state index in [-0.39, 0.29) is 12.0 Å². The fraction of sp³-hybridized carbons (Fsp3) is 0.417. The fourth-order valence-corrected chi connectivity index (χ4v) is 1.59. The molecule has 0 saturated carbocycles. The van der Waals surface area contributed by atoms with Crippen molar-refractivity contribution in [3.8, 4) is 0 Å². The maximum atomic E-state index is 11.8. The molecule has 4 heteroatoms. The number of rotatable bonds is 2. The van der Waals surface area contributed by atoms with Crippen molar-refractivity contribution in [2.24, 2.45) is 0 Å². The standard InChI is InChI=1S/C12H16N2O2/c1-9-2-4-10(5-3-9)14-12(15)11-8-13-6-7-16-11/h2-5,11,13H,6-8H2,1H3,(H,14,15). The molecule has 1 amide bonds. The highest BCUT2D eigenvalue weighted by molar-refractivity contribution is 5.94. The predicted molar refractivity (Wildman–Crippen MR) is 62.4 cm³/mol. The summed E-state index contributed by atoms with van der Waals surface area (Å²) in [6.45, 7) is 4.00. The van der Waals surface area contributed by atoms with Crippen LogP contribution >= 0.6 is 0 Å². The Morgan fingerprint density at radius 2 is 2.19 bits per heavy atom. The number of hydrogen-bond donors (Lipinski definition) is 2. The van der Waals surface area contributed by atoms with E-state index in [9.17, 15) is 4.79 Å². The Balaban J connectivity index is 1.93. The lowest BCUT2D eigenvalue weighted by molar-refractivity contribution is -0.128. The predicted octanol–water partition coefficient (Wildman–Crippen LogP) is 0.922. The van der Waals surface area contributed by atoms with E-state index in [0.717, 1.165) is 12.2 Å². The highest BCUT2D eigenvalue weighted by Crippen LogP contribution is 2.09. The van der Waals surface area contributed by atoms with Crippen LogP contribution in [-0.2, 0) is 9.53 Å². The third-order valence-corrected chi connectivity index (χ3v) is 2.54. The van der Waals surface area contributed by atoms with Crippen LogP contribution in [0.1, 0.15) is 5.56 Å². The molecule has 1 aliphatic heterocycles. The van der Waals surface area contributed by atoms with Crippen LogP contribution in [0.3, 0.4) is 0 Å². The van der Waals surface area contributed by atoms with Gasteiger partial charge in [-0.05, 0) is 19.1 Å². The molecule has 1 aromatic rings. The first kappa shape index (κ1) is 11.1. The second-order valence-electron chi connectivity index (χ2n) is 3.92. The summed E-state index contributed by atoms with van der Waals surface area (Å²) in [6.07, 6.45) is -0.380. The van der Waals surface area contributed by atoms with Crippen LogP contribution in [-0.4, -0.2) is 31.7 Å². The average Bonchev–Trinajstić information content (AvgIpc) is 2.33. The summed E-state index contributed by atoms with van der Waals surface area (Å²) in [5.74, 6) is -0.0870. The Kier molecular flexibility index (Phi) is 3.54. The zero-order chi connectivity index (χ0) is 11.4. The van der Waals surface area contributed by atoms with E-state index in [1.165, 1.54) is 5.56 Å². The minimum atomic E-state index is -0.380. The van der Waals surface area contributed by atoms with Crippen LogP contribution in [0.15, 0.2) is 24.3 Å². The van der Waals surface area contributed by atoms with Gasteiger partial charge in [-0.25, -0.2) is 0 Å². The van der Waals surface area contributed by atoms with Gasteiger partial charge in [0, 0.05) is 18.8 Å². The molecule has 1 saturated heterocycles. The number of benzene rings is 1. The molecule has 1 aromatic carbocycles. The van der Waals surface area contributed by atoms with Crippen molar-refractivity contribution in [3.63, 3.8) is 0 Å². The molecular formula is C12H16N2O2. The fourth-order valence-electron chi connectivity index (χ4n) is 1.59. The number of morpholine rings is 1. The van der Waals surface area contributed by atoms with Crippen LogP contribution in [0.2, 0.25) is 0 Å². The van der Waals surface area contributed by atoms with E-state index in [4.69, 9.17) is 4.74 Å². The van der Waals surface area contributed by atoms with Gasteiger partial charge in [-0.2, -0.15) is 0 Å². The van der Waals surface area contributed by atoms with E-state index >= 15 is 0 Å². The highest BCUT2D eigenvalue weighted by Gasteiger charge is 2.21. The Labute approximate surface area is 95.0 Å². The van der Waals surface area contributed by atoms with Gasteiger partial charge in [-0.1, -0.05) is 17.7 Å². The van der Waals surface area contributed by atoms with Crippen molar-refractivity contribution in [1.82, 2.24) is 5.32 Å². The van der Waals surface area contributed by atoms with E-state index in [0.29, 0.717) is 13.2 Å². The van der Waals surface area contributed by atoms with Gasteiger partial charge in [-0.15, -0.1) is 0 Å². The molecule has 1 unspecified atom stereocenters. The van der Waals surface area contributed by atoms with Gasteiger partial charge in [-0.3, -0.25) is 4.79 Å². The van der Waals surface area contributed by atoms with E-state index in [1.54, 1.807) is 0 Å². The first-order valence-electron chi connectivity index (χ1n) is 5.45. The van der Waals surface area contributed by atoms with Crippen LogP contribution in [0, 0.1) is 6.92 Å². The summed E-state index contributed by atoms with van der Waals surface area (Å²) >= 11 is 0. The summed E-state index contributed by atoms with van der Waals surface area (Å²) in [7, 11) is 0. The minimum Gasteiger partial charge on any atom is -0.366 e. The lowest BCUT2D eigenvalue weighted by atomic mass is 10.2. The lowest BCUT2D eigenvalue weighted by Crippen LogP contribution is -2.45. The third-order valence-electron chi connectivity index (χ3n) is 2.54. The number of carbonyl (C=O) groups is 1.